The fourth-order valence-electron chi connectivity index (χ4n) is 2.43. The maximum Gasteiger partial charge on any atom is 0.416 e. The van der Waals surface area contributed by atoms with Crippen LogP contribution >= 0.6 is 0 Å². The van der Waals surface area contributed by atoms with Gasteiger partial charge in [0.1, 0.15) is 0 Å². The molecule has 0 aliphatic carbocycles. The summed E-state index contributed by atoms with van der Waals surface area (Å²) < 4.78 is 64.9. The summed E-state index contributed by atoms with van der Waals surface area (Å²) in [6, 6.07) is 4.56. The Bertz CT molecular complexity index is 594. The molecule has 22 heavy (non-hydrogen) atoms. The Kier molecular flexibility index (Phi) is 5.14. The Morgan fingerprint density at radius 3 is 2.14 bits per heavy atom. The van der Waals surface area contributed by atoms with Gasteiger partial charge in [0.2, 0.25) is 0 Å². The molecule has 1 fully saturated rings. The molecule has 1 aliphatic rings. The Hall–Kier alpha value is -1.12. The first-order valence-electron chi connectivity index (χ1n) is 7.09. The standard InChI is InChI=1S/C14H19F3N2O2S/c1-18(22(20,21)19-9-3-2-4-10-19)11-12-5-7-13(8-6-12)14(15,16)17/h5-8H,2-4,9-11H2,1H3. The molecule has 124 valence electrons. The third-order valence-corrected chi connectivity index (χ3v) is 5.66. The Labute approximate surface area is 128 Å². The fourth-order valence-corrected chi connectivity index (χ4v) is 3.86. The zero-order valence-electron chi connectivity index (χ0n) is 12.3. The van der Waals surface area contributed by atoms with Crippen molar-refractivity contribution in [3.05, 3.63) is 35.4 Å². The first-order chi connectivity index (χ1) is 10.2. The predicted octanol–water partition coefficient (Wildman–Crippen LogP) is 2.87. The molecule has 1 saturated heterocycles. The lowest BCUT2D eigenvalue weighted by Gasteiger charge is -2.30. The number of piperidine rings is 1. The second-order valence-corrected chi connectivity index (χ2v) is 7.45. The molecule has 1 aromatic rings. The third kappa shape index (κ3) is 3.99. The molecule has 8 heteroatoms. The monoisotopic (exact) mass is 336 g/mol. The quantitative estimate of drug-likeness (QED) is 0.848. The summed E-state index contributed by atoms with van der Waals surface area (Å²) in [7, 11) is -2.11. The zero-order chi connectivity index (χ0) is 16.4. The molecule has 1 aromatic carbocycles. The molecule has 1 aliphatic heterocycles. The lowest BCUT2D eigenvalue weighted by atomic mass is 10.1. The van der Waals surface area contributed by atoms with Crippen molar-refractivity contribution in [3.8, 4) is 0 Å². The molecule has 4 nitrogen and oxygen atoms in total. The normalized spacial score (nSPS) is 17.9. The second kappa shape index (κ2) is 6.55. The van der Waals surface area contributed by atoms with Crippen molar-refractivity contribution in [2.75, 3.05) is 20.1 Å². The van der Waals surface area contributed by atoms with Gasteiger partial charge in [-0.3, -0.25) is 0 Å². The number of rotatable bonds is 4. The maximum absolute atomic E-state index is 12.5. The van der Waals surface area contributed by atoms with Gasteiger partial charge < -0.3 is 0 Å². The van der Waals surface area contributed by atoms with E-state index in [1.165, 1.54) is 27.8 Å². The Morgan fingerprint density at radius 2 is 1.64 bits per heavy atom. The van der Waals surface area contributed by atoms with Gasteiger partial charge in [-0.1, -0.05) is 18.6 Å². The van der Waals surface area contributed by atoms with E-state index in [0.29, 0.717) is 18.7 Å². The topological polar surface area (TPSA) is 40.6 Å². The minimum Gasteiger partial charge on any atom is -0.195 e. The van der Waals surface area contributed by atoms with Crippen molar-refractivity contribution >= 4 is 10.2 Å². The molecule has 0 unspecified atom stereocenters. The van der Waals surface area contributed by atoms with Crippen molar-refractivity contribution in [1.82, 2.24) is 8.61 Å². The molecule has 2 rings (SSSR count). The SMILES string of the molecule is CN(Cc1ccc(C(F)(F)F)cc1)S(=O)(=O)N1CCCCC1. The first kappa shape index (κ1) is 17.2. The van der Waals surface area contributed by atoms with E-state index < -0.39 is 21.9 Å². The van der Waals surface area contributed by atoms with Crippen molar-refractivity contribution in [2.24, 2.45) is 0 Å². The summed E-state index contributed by atoms with van der Waals surface area (Å²) in [5.41, 5.74) is -0.214. The van der Waals surface area contributed by atoms with E-state index in [9.17, 15) is 21.6 Å². The Balaban J connectivity index is 2.06. The summed E-state index contributed by atoms with van der Waals surface area (Å²) >= 11 is 0. The van der Waals surface area contributed by atoms with E-state index in [0.717, 1.165) is 31.4 Å². The van der Waals surface area contributed by atoms with Crippen LogP contribution in [0.15, 0.2) is 24.3 Å². The average Bonchev–Trinajstić information content (AvgIpc) is 2.47. The molecule has 0 radical (unpaired) electrons. The highest BCUT2D eigenvalue weighted by Gasteiger charge is 2.31. The van der Waals surface area contributed by atoms with Crippen LogP contribution in [0.1, 0.15) is 30.4 Å². The van der Waals surface area contributed by atoms with E-state index in [1.807, 2.05) is 0 Å². The van der Waals surface area contributed by atoms with E-state index in [2.05, 4.69) is 0 Å². The van der Waals surface area contributed by atoms with E-state index in [4.69, 9.17) is 0 Å². The van der Waals surface area contributed by atoms with Crippen LogP contribution in [-0.2, 0) is 22.9 Å². The van der Waals surface area contributed by atoms with Crippen molar-refractivity contribution in [1.29, 1.82) is 0 Å². The summed E-state index contributed by atoms with van der Waals surface area (Å²) in [5, 5.41) is 0. The van der Waals surface area contributed by atoms with Crippen LogP contribution in [0.3, 0.4) is 0 Å². The Morgan fingerprint density at radius 1 is 1.09 bits per heavy atom. The van der Waals surface area contributed by atoms with Crippen molar-refractivity contribution in [2.45, 2.75) is 32.0 Å². The number of benzene rings is 1. The molecular formula is C14H19F3N2O2S. The highest BCUT2D eigenvalue weighted by molar-refractivity contribution is 7.86. The third-order valence-electron chi connectivity index (χ3n) is 3.72. The van der Waals surface area contributed by atoms with Crippen molar-refractivity contribution < 1.29 is 21.6 Å². The first-order valence-corrected chi connectivity index (χ1v) is 8.48. The molecule has 0 bridgehead atoms. The zero-order valence-corrected chi connectivity index (χ0v) is 13.1. The largest absolute Gasteiger partial charge is 0.416 e. The molecular weight excluding hydrogens is 317 g/mol. The predicted molar refractivity (Wildman–Crippen MR) is 77.3 cm³/mol. The lowest BCUT2D eigenvalue weighted by molar-refractivity contribution is -0.137. The van der Waals surface area contributed by atoms with Gasteiger partial charge in [0.05, 0.1) is 5.56 Å². The smallest absolute Gasteiger partial charge is 0.195 e. The van der Waals surface area contributed by atoms with Gasteiger partial charge in [0.25, 0.3) is 10.2 Å². The van der Waals surface area contributed by atoms with E-state index >= 15 is 0 Å². The summed E-state index contributed by atoms with van der Waals surface area (Å²) in [6.07, 6.45) is -1.68. The van der Waals surface area contributed by atoms with E-state index in [-0.39, 0.29) is 6.54 Å². The molecule has 0 aromatic heterocycles. The van der Waals surface area contributed by atoms with E-state index in [1.54, 1.807) is 0 Å². The summed E-state index contributed by atoms with van der Waals surface area (Å²) in [5.74, 6) is 0. The van der Waals surface area contributed by atoms with Crippen LogP contribution in [0, 0.1) is 0 Å². The number of hydrogen-bond donors (Lipinski definition) is 0. The van der Waals surface area contributed by atoms with Gasteiger partial charge in [-0.05, 0) is 30.5 Å². The van der Waals surface area contributed by atoms with Crippen LogP contribution in [0.2, 0.25) is 0 Å². The number of alkyl halides is 3. The van der Waals surface area contributed by atoms with Gasteiger partial charge in [0.15, 0.2) is 0 Å². The molecule has 0 amide bonds. The van der Waals surface area contributed by atoms with Gasteiger partial charge in [0, 0.05) is 26.7 Å². The molecule has 0 saturated carbocycles. The van der Waals surface area contributed by atoms with Gasteiger partial charge in [-0.25, -0.2) is 0 Å². The molecule has 1 heterocycles. The fraction of sp³-hybridized carbons (Fsp3) is 0.571. The minimum absolute atomic E-state index is 0.0526. The van der Waals surface area contributed by atoms with Crippen LogP contribution in [0.25, 0.3) is 0 Å². The molecule has 0 N–H and O–H groups in total. The van der Waals surface area contributed by atoms with Gasteiger partial charge in [-0.15, -0.1) is 0 Å². The van der Waals surface area contributed by atoms with Gasteiger partial charge >= 0.3 is 6.18 Å². The summed E-state index contributed by atoms with van der Waals surface area (Å²) in [6.45, 7) is 1.05. The highest BCUT2D eigenvalue weighted by Crippen LogP contribution is 2.29. The second-order valence-electron chi connectivity index (χ2n) is 5.42. The number of nitrogens with zero attached hydrogens (tertiary/aromatic N) is 2. The van der Waals surface area contributed by atoms with Crippen LogP contribution in [0.4, 0.5) is 13.2 Å². The average molecular weight is 336 g/mol. The van der Waals surface area contributed by atoms with Crippen LogP contribution < -0.4 is 0 Å². The maximum atomic E-state index is 12.5. The lowest BCUT2D eigenvalue weighted by Crippen LogP contribution is -2.44. The van der Waals surface area contributed by atoms with Crippen LogP contribution in [0.5, 0.6) is 0 Å². The van der Waals surface area contributed by atoms with Crippen molar-refractivity contribution in [3.63, 3.8) is 0 Å². The number of hydrogen-bond acceptors (Lipinski definition) is 2. The molecule has 0 atom stereocenters. The van der Waals surface area contributed by atoms with Crippen LogP contribution in [-0.4, -0.2) is 37.2 Å². The summed E-state index contributed by atoms with van der Waals surface area (Å²) in [4.78, 5) is 0. The minimum atomic E-state index is -4.38. The number of halogens is 3. The molecule has 0 spiro atoms. The van der Waals surface area contributed by atoms with Gasteiger partial charge in [-0.2, -0.15) is 30.2 Å². The highest BCUT2D eigenvalue weighted by atomic mass is 32.2.